The van der Waals surface area contributed by atoms with Gasteiger partial charge in [-0.2, -0.15) is 0 Å². The Morgan fingerprint density at radius 1 is 1.08 bits per heavy atom. The first-order valence-corrected chi connectivity index (χ1v) is 8.77. The molecule has 0 atom stereocenters. The number of ketones is 1. The lowest BCUT2D eigenvalue weighted by molar-refractivity contribution is -0.142. The molecule has 6 heteroatoms. The average Bonchev–Trinajstić information content (AvgIpc) is 2.61. The number of carboxylic acids is 1. The summed E-state index contributed by atoms with van der Waals surface area (Å²) in [5.74, 6) is -0.570. The molecule has 1 aliphatic carbocycles. The van der Waals surface area contributed by atoms with Crippen LogP contribution in [0.15, 0.2) is 24.3 Å². The van der Waals surface area contributed by atoms with Crippen molar-refractivity contribution in [3.63, 3.8) is 0 Å². The highest BCUT2D eigenvalue weighted by molar-refractivity contribution is 5.98. The van der Waals surface area contributed by atoms with E-state index in [-0.39, 0.29) is 36.5 Å². The molecule has 2 rings (SSSR count). The molecule has 1 amide bonds. The summed E-state index contributed by atoms with van der Waals surface area (Å²) in [7, 11) is 0. The van der Waals surface area contributed by atoms with Crippen LogP contribution in [0.25, 0.3) is 0 Å². The van der Waals surface area contributed by atoms with E-state index in [2.05, 4.69) is 5.32 Å². The molecule has 25 heavy (non-hydrogen) atoms. The lowest BCUT2D eigenvalue weighted by Crippen LogP contribution is -2.38. The molecule has 1 saturated carbocycles. The zero-order valence-electron chi connectivity index (χ0n) is 14.5. The first-order valence-electron chi connectivity index (χ1n) is 8.77. The van der Waals surface area contributed by atoms with Crippen LogP contribution in [0.1, 0.15) is 55.8 Å². The first kappa shape index (κ1) is 19.0. The van der Waals surface area contributed by atoms with Gasteiger partial charge >= 0.3 is 5.97 Å². The van der Waals surface area contributed by atoms with Crippen LogP contribution in [0.4, 0.5) is 0 Å². The third-order valence-electron chi connectivity index (χ3n) is 4.51. The third-order valence-corrected chi connectivity index (χ3v) is 4.51. The number of benzene rings is 1. The van der Waals surface area contributed by atoms with E-state index in [0.29, 0.717) is 43.6 Å². The molecule has 1 aromatic carbocycles. The molecular formula is C19H25NO5. The summed E-state index contributed by atoms with van der Waals surface area (Å²) >= 11 is 0. The van der Waals surface area contributed by atoms with Crippen molar-refractivity contribution in [2.45, 2.75) is 51.5 Å². The van der Waals surface area contributed by atoms with E-state index in [4.69, 9.17) is 9.84 Å². The van der Waals surface area contributed by atoms with Crippen LogP contribution in [0.3, 0.4) is 0 Å². The number of hydrogen-bond acceptors (Lipinski definition) is 4. The van der Waals surface area contributed by atoms with E-state index in [1.165, 1.54) is 0 Å². The Balaban J connectivity index is 1.72. The Morgan fingerprint density at radius 2 is 1.72 bits per heavy atom. The van der Waals surface area contributed by atoms with Crippen LogP contribution >= 0.6 is 0 Å². The highest BCUT2D eigenvalue weighted by atomic mass is 16.5. The van der Waals surface area contributed by atoms with Crippen molar-refractivity contribution in [3.8, 4) is 5.75 Å². The molecule has 0 aliphatic heterocycles. The van der Waals surface area contributed by atoms with Crippen molar-refractivity contribution in [1.82, 2.24) is 5.32 Å². The predicted octanol–water partition coefficient (Wildman–Crippen LogP) is 2.81. The zero-order chi connectivity index (χ0) is 18.2. The molecule has 0 radical (unpaired) electrons. The second kappa shape index (κ2) is 9.20. The smallest absolute Gasteiger partial charge is 0.306 e. The topological polar surface area (TPSA) is 92.7 Å². The molecule has 0 aromatic heterocycles. The van der Waals surface area contributed by atoms with Crippen molar-refractivity contribution in [2.24, 2.45) is 5.92 Å². The number of aliphatic carboxylic acids is 1. The number of Topliss-reactive ketones (excluding diaryl/α,β-unsaturated/α-hetero) is 1. The number of carbonyl (C=O) groups is 3. The number of carboxylic acid groups (broad SMARTS) is 1. The van der Waals surface area contributed by atoms with Gasteiger partial charge in [-0.15, -0.1) is 0 Å². The molecule has 1 fully saturated rings. The number of rotatable bonds is 8. The highest BCUT2D eigenvalue weighted by Crippen LogP contribution is 2.24. The maximum atomic E-state index is 12.1. The van der Waals surface area contributed by atoms with Gasteiger partial charge in [-0.05, 0) is 56.9 Å². The van der Waals surface area contributed by atoms with Crippen LogP contribution < -0.4 is 10.1 Å². The Hall–Kier alpha value is -2.37. The number of hydrogen-bond donors (Lipinski definition) is 2. The van der Waals surface area contributed by atoms with Crippen LogP contribution in [0, 0.1) is 5.92 Å². The van der Waals surface area contributed by atoms with Crippen LogP contribution in [0.5, 0.6) is 5.75 Å². The predicted molar refractivity (Wildman–Crippen MR) is 92.7 cm³/mol. The van der Waals surface area contributed by atoms with Gasteiger partial charge in [0.1, 0.15) is 5.75 Å². The summed E-state index contributed by atoms with van der Waals surface area (Å²) in [6, 6.07) is 6.93. The SMILES string of the molecule is CCOc1ccc(C(=O)CCC(=O)NC2CCC(C(=O)O)CC2)cc1. The molecule has 0 bridgehead atoms. The van der Waals surface area contributed by atoms with Gasteiger partial charge in [0.2, 0.25) is 5.91 Å². The Labute approximate surface area is 147 Å². The summed E-state index contributed by atoms with van der Waals surface area (Å²) in [5.41, 5.74) is 0.568. The summed E-state index contributed by atoms with van der Waals surface area (Å²) < 4.78 is 5.33. The summed E-state index contributed by atoms with van der Waals surface area (Å²) in [6.45, 7) is 2.47. The molecule has 0 spiro atoms. The maximum Gasteiger partial charge on any atom is 0.306 e. The Bertz CT molecular complexity index is 603. The number of carbonyl (C=O) groups excluding carboxylic acids is 2. The molecule has 2 N–H and O–H groups in total. The fourth-order valence-electron chi connectivity index (χ4n) is 3.06. The van der Waals surface area contributed by atoms with Crippen molar-refractivity contribution >= 4 is 17.7 Å². The zero-order valence-corrected chi connectivity index (χ0v) is 14.5. The lowest BCUT2D eigenvalue weighted by atomic mass is 9.86. The van der Waals surface area contributed by atoms with E-state index in [1.807, 2.05) is 6.92 Å². The van der Waals surface area contributed by atoms with Crippen LogP contribution in [-0.2, 0) is 9.59 Å². The molecule has 136 valence electrons. The van der Waals surface area contributed by atoms with E-state index in [9.17, 15) is 14.4 Å². The number of ether oxygens (including phenoxy) is 1. The minimum atomic E-state index is -0.759. The van der Waals surface area contributed by atoms with Gasteiger partial charge < -0.3 is 15.2 Å². The van der Waals surface area contributed by atoms with E-state index in [1.54, 1.807) is 24.3 Å². The fourth-order valence-corrected chi connectivity index (χ4v) is 3.06. The van der Waals surface area contributed by atoms with Gasteiger partial charge in [-0.1, -0.05) is 0 Å². The van der Waals surface area contributed by atoms with Gasteiger partial charge in [0.25, 0.3) is 0 Å². The van der Waals surface area contributed by atoms with Crippen LogP contribution in [-0.4, -0.2) is 35.4 Å². The first-order chi connectivity index (χ1) is 12.0. The molecule has 0 heterocycles. The quantitative estimate of drug-likeness (QED) is 0.706. The minimum absolute atomic E-state index is 0.0173. The minimum Gasteiger partial charge on any atom is -0.494 e. The molecule has 0 unspecified atom stereocenters. The van der Waals surface area contributed by atoms with Crippen molar-refractivity contribution in [1.29, 1.82) is 0 Å². The van der Waals surface area contributed by atoms with E-state index in [0.717, 1.165) is 0 Å². The summed E-state index contributed by atoms with van der Waals surface area (Å²) in [6.07, 6.45) is 2.83. The second-order valence-corrected chi connectivity index (χ2v) is 6.33. The normalized spacial score (nSPS) is 19.9. The van der Waals surface area contributed by atoms with Gasteiger partial charge in [0, 0.05) is 24.4 Å². The standard InChI is InChI=1S/C19H25NO5/c1-2-25-16-9-5-13(6-10-16)17(21)11-12-18(22)20-15-7-3-14(4-8-15)19(23)24/h5-6,9-10,14-15H,2-4,7-8,11-12H2,1H3,(H,20,22)(H,23,24). The average molecular weight is 347 g/mol. The second-order valence-electron chi connectivity index (χ2n) is 6.33. The van der Waals surface area contributed by atoms with Gasteiger partial charge in [0.15, 0.2) is 5.78 Å². The fraction of sp³-hybridized carbons (Fsp3) is 0.526. The molecule has 1 aromatic rings. The molecule has 6 nitrogen and oxygen atoms in total. The highest BCUT2D eigenvalue weighted by Gasteiger charge is 2.26. The van der Waals surface area contributed by atoms with Gasteiger partial charge in [0.05, 0.1) is 12.5 Å². The maximum absolute atomic E-state index is 12.1. The number of amides is 1. The van der Waals surface area contributed by atoms with Crippen LogP contribution in [0.2, 0.25) is 0 Å². The lowest BCUT2D eigenvalue weighted by Gasteiger charge is -2.26. The summed E-state index contributed by atoms with van der Waals surface area (Å²) in [4.78, 5) is 35.1. The molecule has 1 aliphatic rings. The number of nitrogens with one attached hydrogen (secondary N) is 1. The van der Waals surface area contributed by atoms with Gasteiger partial charge in [-0.3, -0.25) is 14.4 Å². The van der Waals surface area contributed by atoms with E-state index >= 15 is 0 Å². The third kappa shape index (κ3) is 5.89. The van der Waals surface area contributed by atoms with Crippen molar-refractivity contribution < 1.29 is 24.2 Å². The van der Waals surface area contributed by atoms with Gasteiger partial charge in [-0.25, -0.2) is 0 Å². The Morgan fingerprint density at radius 3 is 2.28 bits per heavy atom. The Kier molecular flexibility index (Phi) is 6.98. The molecular weight excluding hydrogens is 322 g/mol. The van der Waals surface area contributed by atoms with Crippen molar-refractivity contribution in [2.75, 3.05) is 6.61 Å². The monoisotopic (exact) mass is 347 g/mol. The largest absolute Gasteiger partial charge is 0.494 e. The van der Waals surface area contributed by atoms with Crippen molar-refractivity contribution in [3.05, 3.63) is 29.8 Å². The molecule has 0 saturated heterocycles. The van der Waals surface area contributed by atoms with E-state index < -0.39 is 5.97 Å². The summed E-state index contributed by atoms with van der Waals surface area (Å²) in [5, 5.41) is 11.9.